The van der Waals surface area contributed by atoms with Gasteiger partial charge in [0.05, 0.1) is 12.5 Å². The third-order valence-corrected chi connectivity index (χ3v) is 4.57. The van der Waals surface area contributed by atoms with Crippen LogP contribution in [0.15, 0.2) is 9.59 Å². The van der Waals surface area contributed by atoms with Gasteiger partial charge in [-0.25, -0.2) is 9.36 Å². The quantitative estimate of drug-likeness (QED) is 0.808. The molecule has 6 nitrogen and oxygen atoms in total. The highest BCUT2D eigenvalue weighted by atomic mass is 32.1. The molecule has 1 aliphatic rings. The molecular formula is C12H12N2O4S. The number of hydrogen-bond acceptors (Lipinski definition) is 5. The first-order valence-corrected chi connectivity index (χ1v) is 6.77. The molecule has 3 rings (SSSR count). The van der Waals surface area contributed by atoms with E-state index in [0.717, 1.165) is 29.4 Å². The zero-order valence-corrected chi connectivity index (χ0v) is 11.1. The van der Waals surface area contributed by atoms with Crippen LogP contribution in [0.1, 0.15) is 16.9 Å². The van der Waals surface area contributed by atoms with Crippen molar-refractivity contribution in [2.24, 2.45) is 0 Å². The standard InChI is InChI=1S/C12H12N2O4S/c1-18-8(15)5-14-11(16)9-6-3-2-4-7(6)19-10(9)13-12(14)17/h2-5H2,1H3,(H,13,17). The van der Waals surface area contributed by atoms with Crippen molar-refractivity contribution in [2.45, 2.75) is 25.8 Å². The number of nitrogens with zero attached hydrogens (tertiary/aromatic N) is 1. The van der Waals surface area contributed by atoms with Crippen molar-refractivity contribution in [3.8, 4) is 0 Å². The Morgan fingerprint density at radius 1 is 1.42 bits per heavy atom. The number of fused-ring (bicyclic) bond motifs is 3. The normalized spacial score (nSPS) is 13.7. The third-order valence-electron chi connectivity index (χ3n) is 3.36. The van der Waals surface area contributed by atoms with Crippen LogP contribution in [-0.4, -0.2) is 22.6 Å². The highest BCUT2D eigenvalue weighted by Crippen LogP contribution is 2.33. The number of H-pyrrole nitrogens is 1. The van der Waals surface area contributed by atoms with Gasteiger partial charge >= 0.3 is 11.7 Å². The summed E-state index contributed by atoms with van der Waals surface area (Å²) in [5.74, 6) is -0.612. The predicted molar refractivity (Wildman–Crippen MR) is 70.7 cm³/mol. The molecule has 100 valence electrons. The van der Waals surface area contributed by atoms with E-state index in [2.05, 4.69) is 9.72 Å². The molecule has 0 spiro atoms. The van der Waals surface area contributed by atoms with E-state index in [4.69, 9.17) is 0 Å². The van der Waals surface area contributed by atoms with Gasteiger partial charge < -0.3 is 4.74 Å². The van der Waals surface area contributed by atoms with Crippen molar-refractivity contribution < 1.29 is 9.53 Å². The van der Waals surface area contributed by atoms with Gasteiger partial charge in [-0.1, -0.05) is 0 Å². The van der Waals surface area contributed by atoms with E-state index in [1.54, 1.807) is 0 Å². The molecule has 0 saturated carbocycles. The number of nitrogens with one attached hydrogen (secondary N) is 1. The van der Waals surface area contributed by atoms with E-state index in [9.17, 15) is 14.4 Å². The number of carbonyl (C=O) groups is 1. The predicted octanol–water partition coefficient (Wildman–Crippen LogP) is 0.413. The Morgan fingerprint density at radius 2 is 2.21 bits per heavy atom. The van der Waals surface area contributed by atoms with Crippen molar-refractivity contribution in [1.29, 1.82) is 0 Å². The highest BCUT2D eigenvalue weighted by molar-refractivity contribution is 7.18. The molecule has 0 amide bonds. The first-order valence-electron chi connectivity index (χ1n) is 5.96. The Kier molecular flexibility index (Phi) is 2.78. The molecule has 19 heavy (non-hydrogen) atoms. The molecule has 2 aromatic heterocycles. The number of thiophene rings is 1. The molecular weight excluding hydrogens is 268 g/mol. The largest absolute Gasteiger partial charge is 0.468 e. The lowest BCUT2D eigenvalue weighted by molar-refractivity contribution is -0.141. The molecule has 0 radical (unpaired) electrons. The first kappa shape index (κ1) is 12.2. The molecule has 0 bridgehead atoms. The number of aryl methyl sites for hydroxylation is 2. The molecule has 0 atom stereocenters. The van der Waals surface area contributed by atoms with Gasteiger partial charge in [0.25, 0.3) is 5.56 Å². The summed E-state index contributed by atoms with van der Waals surface area (Å²) >= 11 is 1.46. The van der Waals surface area contributed by atoms with Crippen LogP contribution >= 0.6 is 11.3 Å². The fourth-order valence-corrected chi connectivity index (χ4v) is 3.72. The number of methoxy groups -OCH3 is 1. The SMILES string of the molecule is COC(=O)Cn1c(=O)[nH]c2sc3c(c2c1=O)CCC3. The van der Waals surface area contributed by atoms with Crippen molar-refractivity contribution >= 4 is 27.5 Å². The summed E-state index contributed by atoms with van der Waals surface area (Å²) in [6.45, 7) is -0.356. The van der Waals surface area contributed by atoms with Gasteiger partial charge in [-0.05, 0) is 24.8 Å². The summed E-state index contributed by atoms with van der Waals surface area (Å²) in [6, 6.07) is 0. The Bertz CT molecular complexity index is 783. The van der Waals surface area contributed by atoms with E-state index in [0.29, 0.717) is 10.2 Å². The maximum Gasteiger partial charge on any atom is 0.329 e. The van der Waals surface area contributed by atoms with Gasteiger partial charge in [0.1, 0.15) is 11.4 Å². The Balaban J connectivity index is 2.26. The topological polar surface area (TPSA) is 81.2 Å². The van der Waals surface area contributed by atoms with Gasteiger partial charge in [0.2, 0.25) is 0 Å². The van der Waals surface area contributed by atoms with Gasteiger partial charge in [0.15, 0.2) is 0 Å². The van der Waals surface area contributed by atoms with Crippen LogP contribution in [0.5, 0.6) is 0 Å². The third kappa shape index (κ3) is 1.81. The van der Waals surface area contributed by atoms with Gasteiger partial charge in [0, 0.05) is 4.88 Å². The number of aromatic nitrogens is 2. The van der Waals surface area contributed by atoms with Crippen molar-refractivity contribution in [2.75, 3.05) is 7.11 Å². The van der Waals surface area contributed by atoms with Crippen LogP contribution in [0.25, 0.3) is 10.2 Å². The maximum absolute atomic E-state index is 12.4. The average molecular weight is 280 g/mol. The second-order valence-electron chi connectivity index (χ2n) is 4.46. The number of ether oxygens (including phenoxy) is 1. The maximum atomic E-state index is 12.4. The Morgan fingerprint density at radius 3 is 2.95 bits per heavy atom. The monoisotopic (exact) mass is 280 g/mol. The van der Waals surface area contributed by atoms with Crippen LogP contribution in [0.3, 0.4) is 0 Å². The Hall–Kier alpha value is -1.89. The number of carbonyl (C=O) groups excluding carboxylic acids is 1. The lowest BCUT2D eigenvalue weighted by Crippen LogP contribution is -2.37. The van der Waals surface area contributed by atoms with Gasteiger partial charge in [-0.3, -0.25) is 14.6 Å². The van der Waals surface area contributed by atoms with Crippen LogP contribution in [0.2, 0.25) is 0 Å². The lowest BCUT2D eigenvalue weighted by Gasteiger charge is -2.03. The summed E-state index contributed by atoms with van der Waals surface area (Å²) in [6.07, 6.45) is 2.84. The van der Waals surface area contributed by atoms with Gasteiger partial charge in [-0.2, -0.15) is 0 Å². The second kappa shape index (κ2) is 4.34. The summed E-state index contributed by atoms with van der Waals surface area (Å²) < 4.78 is 5.40. The molecule has 1 N–H and O–H groups in total. The van der Waals surface area contributed by atoms with E-state index in [-0.39, 0.29) is 6.54 Å². The molecule has 2 aromatic rings. The van der Waals surface area contributed by atoms with Crippen LogP contribution in [0, 0.1) is 0 Å². The van der Waals surface area contributed by atoms with E-state index in [1.165, 1.54) is 23.3 Å². The lowest BCUT2D eigenvalue weighted by atomic mass is 10.2. The van der Waals surface area contributed by atoms with Crippen LogP contribution < -0.4 is 11.2 Å². The van der Waals surface area contributed by atoms with E-state index >= 15 is 0 Å². The molecule has 1 aliphatic carbocycles. The fourth-order valence-electron chi connectivity index (χ4n) is 2.45. The zero-order valence-electron chi connectivity index (χ0n) is 10.3. The van der Waals surface area contributed by atoms with Crippen molar-refractivity contribution in [1.82, 2.24) is 9.55 Å². The summed E-state index contributed by atoms with van der Waals surface area (Å²) in [4.78, 5) is 39.9. The number of esters is 1. The fraction of sp³-hybridized carbons (Fsp3) is 0.417. The minimum absolute atomic E-state index is 0.356. The minimum Gasteiger partial charge on any atom is -0.468 e. The molecule has 7 heteroatoms. The number of aromatic amines is 1. The molecule has 0 unspecified atom stereocenters. The average Bonchev–Trinajstić information content (AvgIpc) is 2.93. The van der Waals surface area contributed by atoms with E-state index < -0.39 is 17.2 Å². The molecule has 0 fully saturated rings. The molecule has 0 saturated heterocycles. The zero-order chi connectivity index (χ0) is 13.6. The van der Waals surface area contributed by atoms with Crippen molar-refractivity contribution in [3.63, 3.8) is 0 Å². The molecule has 0 aromatic carbocycles. The van der Waals surface area contributed by atoms with Crippen LogP contribution in [0.4, 0.5) is 0 Å². The molecule has 0 aliphatic heterocycles. The summed E-state index contributed by atoms with van der Waals surface area (Å²) in [5, 5.41) is 0.556. The summed E-state index contributed by atoms with van der Waals surface area (Å²) in [5.41, 5.74) is 0.0613. The number of rotatable bonds is 2. The second-order valence-corrected chi connectivity index (χ2v) is 5.56. The number of hydrogen-bond donors (Lipinski definition) is 1. The van der Waals surface area contributed by atoms with E-state index in [1.807, 2.05) is 0 Å². The van der Waals surface area contributed by atoms with Crippen molar-refractivity contribution in [3.05, 3.63) is 31.3 Å². The van der Waals surface area contributed by atoms with Gasteiger partial charge in [-0.15, -0.1) is 11.3 Å². The first-order chi connectivity index (χ1) is 9.11. The smallest absolute Gasteiger partial charge is 0.329 e. The summed E-state index contributed by atoms with van der Waals surface area (Å²) in [7, 11) is 1.22. The highest BCUT2D eigenvalue weighted by Gasteiger charge is 2.22. The Labute approximate surface area is 111 Å². The van der Waals surface area contributed by atoms with Crippen LogP contribution in [-0.2, 0) is 28.9 Å². The molecule has 2 heterocycles. The minimum atomic E-state index is -0.612.